The second kappa shape index (κ2) is 7.61. The molecule has 0 unspecified atom stereocenters. The standard InChI is InChI=1S/C13H18F2N4O.ClH/c14-13(15)3-1-9(2-4-13)5-11(16)12(20)19-10-6-17-8-18-7-10;/h6-9,11H,1-5,16H2,(H,19,20);1H/t11-;/m0./s1. The number of nitrogens with zero attached hydrogens (tertiary/aromatic N) is 2. The van der Waals surface area contributed by atoms with Crippen molar-refractivity contribution in [2.24, 2.45) is 11.7 Å². The third-order valence-corrected chi connectivity index (χ3v) is 3.59. The van der Waals surface area contributed by atoms with Gasteiger partial charge in [0.15, 0.2) is 0 Å². The summed E-state index contributed by atoms with van der Waals surface area (Å²) in [5.41, 5.74) is 6.30. The first kappa shape index (κ1) is 17.7. The van der Waals surface area contributed by atoms with Crippen LogP contribution in [0.25, 0.3) is 0 Å². The normalized spacial score (nSPS) is 19.4. The Bertz CT molecular complexity index is 451. The van der Waals surface area contributed by atoms with Gasteiger partial charge in [0.2, 0.25) is 11.8 Å². The van der Waals surface area contributed by atoms with Crippen LogP contribution >= 0.6 is 12.4 Å². The van der Waals surface area contributed by atoms with E-state index in [1.807, 2.05) is 0 Å². The highest BCUT2D eigenvalue weighted by molar-refractivity contribution is 5.94. The fourth-order valence-electron chi connectivity index (χ4n) is 2.40. The van der Waals surface area contributed by atoms with Crippen LogP contribution in [-0.4, -0.2) is 27.8 Å². The van der Waals surface area contributed by atoms with E-state index in [2.05, 4.69) is 15.3 Å². The minimum absolute atomic E-state index is 0. The number of halogens is 3. The second-order valence-corrected chi connectivity index (χ2v) is 5.26. The molecule has 1 aromatic rings. The van der Waals surface area contributed by atoms with Crippen molar-refractivity contribution in [1.82, 2.24) is 9.97 Å². The quantitative estimate of drug-likeness (QED) is 0.892. The molecule has 1 aliphatic rings. The number of hydrogen-bond donors (Lipinski definition) is 2. The Morgan fingerprint density at radius 2 is 1.95 bits per heavy atom. The zero-order chi connectivity index (χ0) is 14.6. The maximum absolute atomic E-state index is 13.0. The molecule has 0 bridgehead atoms. The van der Waals surface area contributed by atoms with Crippen molar-refractivity contribution in [1.29, 1.82) is 0 Å². The Morgan fingerprint density at radius 1 is 1.38 bits per heavy atom. The van der Waals surface area contributed by atoms with Crippen molar-refractivity contribution in [3.05, 3.63) is 18.7 Å². The molecule has 2 rings (SSSR count). The molecule has 5 nitrogen and oxygen atoms in total. The smallest absolute Gasteiger partial charge is 0.248 e. The summed E-state index contributed by atoms with van der Waals surface area (Å²) in [5, 5.41) is 2.61. The van der Waals surface area contributed by atoms with Gasteiger partial charge in [-0.05, 0) is 25.2 Å². The lowest BCUT2D eigenvalue weighted by molar-refractivity contribution is -0.118. The van der Waals surface area contributed by atoms with Crippen LogP contribution < -0.4 is 11.1 Å². The van der Waals surface area contributed by atoms with E-state index in [1.54, 1.807) is 0 Å². The van der Waals surface area contributed by atoms with Crippen molar-refractivity contribution in [3.8, 4) is 0 Å². The molecule has 0 radical (unpaired) electrons. The van der Waals surface area contributed by atoms with Crippen LogP contribution in [-0.2, 0) is 4.79 Å². The maximum Gasteiger partial charge on any atom is 0.248 e. The van der Waals surface area contributed by atoms with E-state index in [0.717, 1.165) is 0 Å². The lowest BCUT2D eigenvalue weighted by atomic mass is 9.83. The van der Waals surface area contributed by atoms with E-state index in [-0.39, 0.29) is 37.1 Å². The third kappa shape index (κ3) is 5.51. The highest BCUT2D eigenvalue weighted by Crippen LogP contribution is 2.37. The van der Waals surface area contributed by atoms with E-state index >= 15 is 0 Å². The summed E-state index contributed by atoms with van der Waals surface area (Å²) >= 11 is 0. The number of aromatic nitrogens is 2. The highest BCUT2D eigenvalue weighted by Gasteiger charge is 2.35. The van der Waals surface area contributed by atoms with Crippen molar-refractivity contribution in [3.63, 3.8) is 0 Å². The summed E-state index contributed by atoms with van der Waals surface area (Å²) in [7, 11) is 0. The average molecular weight is 321 g/mol. The molecule has 1 heterocycles. The zero-order valence-electron chi connectivity index (χ0n) is 11.5. The number of carbonyl (C=O) groups is 1. The molecular formula is C13H19ClF2N4O. The molecule has 21 heavy (non-hydrogen) atoms. The highest BCUT2D eigenvalue weighted by atomic mass is 35.5. The Kier molecular flexibility index (Phi) is 6.42. The Hall–Kier alpha value is -1.34. The number of hydrogen-bond acceptors (Lipinski definition) is 4. The molecule has 0 spiro atoms. The first-order valence-electron chi connectivity index (χ1n) is 6.65. The Labute approximate surface area is 128 Å². The number of alkyl halides is 2. The van der Waals surface area contributed by atoms with Crippen LogP contribution in [0.1, 0.15) is 32.1 Å². The summed E-state index contributed by atoms with van der Waals surface area (Å²) < 4.78 is 26.1. The molecule has 1 fully saturated rings. The lowest BCUT2D eigenvalue weighted by Gasteiger charge is -2.29. The topological polar surface area (TPSA) is 80.9 Å². The van der Waals surface area contributed by atoms with Crippen molar-refractivity contribution >= 4 is 24.0 Å². The van der Waals surface area contributed by atoms with Gasteiger partial charge in [0.05, 0.1) is 24.1 Å². The van der Waals surface area contributed by atoms with Crippen LogP contribution in [0.5, 0.6) is 0 Å². The third-order valence-electron chi connectivity index (χ3n) is 3.59. The monoisotopic (exact) mass is 320 g/mol. The molecule has 118 valence electrons. The largest absolute Gasteiger partial charge is 0.322 e. The molecule has 0 saturated heterocycles. The predicted octanol–water partition coefficient (Wildman–Crippen LogP) is 2.38. The molecular weight excluding hydrogens is 302 g/mol. The minimum Gasteiger partial charge on any atom is -0.322 e. The van der Waals surface area contributed by atoms with Gasteiger partial charge in [-0.2, -0.15) is 0 Å². The predicted molar refractivity (Wildman–Crippen MR) is 77.4 cm³/mol. The molecule has 1 aromatic heterocycles. The summed E-state index contributed by atoms with van der Waals surface area (Å²) in [6.07, 6.45) is 5.34. The van der Waals surface area contributed by atoms with Gasteiger partial charge in [-0.25, -0.2) is 18.7 Å². The molecule has 8 heteroatoms. The Morgan fingerprint density at radius 3 is 2.52 bits per heavy atom. The van der Waals surface area contributed by atoms with Crippen molar-refractivity contribution < 1.29 is 13.6 Å². The van der Waals surface area contributed by atoms with Crippen LogP contribution in [0.4, 0.5) is 14.5 Å². The van der Waals surface area contributed by atoms with Gasteiger partial charge in [-0.15, -0.1) is 12.4 Å². The van der Waals surface area contributed by atoms with Crippen LogP contribution in [0.3, 0.4) is 0 Å². The average Bonchev–Trinajstić information content (AvgIpc) is 2.42. The van der Waals surface area contributed by atoms with Gasteiger partial charge in [0.1, 0.15) is 6.33 Å². The number of amides is 1. The van der Waals surface area contributed by atoms with Crippen molar-refractivity contribution in [2.75, 3.05) is 5.32 Å². The van der Waals surface area contributed by atoms with Gasteiger partial charge in [0.25, 0.3) is 0 Å². The van der Waals surface area contributed by atoms with Gasteiger partial charge in [-0.3, -0.25) is 4.79 Å². The van der Waals surface area contributed by atoms with E-state index in [4.69, 9.17) is 5.73 Å². The van der Waals surface area contributed by atoms with E-state index in [9.17, 15) is 13.6 Å². The molecule has 1 saturated carbocycles. The van der Waals surface area contributed by atoms with E-state index in [0.29, 0.717) is 24.9 Å². The Balaban J connectivity index is 0.00000220. The zero-order valence-corrected chi connectivity index (χ0v) is 12.3. The maximum atomic E-state index is 13.0. The van der Waals surface area contributed by atoms with Gasteiger partial charge < -0.3 is 11.1 Å². The summed E-state index contributed by atoms with van der Waals surface area (Å²) in [6.45, 7) is 0. The number of anilines is 1. The van der Waals surface area contributed by atoms with Crippen LogP contribution in [0.15, 0.2) is 18.7 Å². The summed E-state index contributed by atoms with van der Waals surface area (Å²) in [5.74, 6) is -2.80. The van der Waals surface area contributed by atoms with Crippen molar-refractivity contribution in [2.45, 2.75) is 44.1 Å². The number of rotatable bonds is 4. The summed E-state index contributed by atoms with van der Waals surface area (Å²) in [6, 6.07) is -0.702. The SMILES string of the molecule is Cl.N[C@@H](CC1CCC(F)(F)CC1)C(=O)Nc1cncnc1. The summed E-state index contributed by atoms with van der Waals surface area (Å²) in [4.78, 5) is 19.4. The molecule has 0 aromatic carbocycles. The number of carbonyl (C=O) groups excluding carboxylic acids is 1. The molecule has 0 aliphatic heterocycles. The first-order valence-corrected chi connectivity index (χ1v) is 6.65. The molecule has 1 amide bonds. The van der Waals surface area contributed by atoms with Gasteiger partial charge >= 0.3 is 0 Å². The van der Waals surface area contributed by atoms with Crippen LogP contribution in [0, 0.1) is 5.92 Å². The fraction of sp³-hybridized carbons (Fsp3) is 0.615. The molecule has 3 N–H and O–H groups in total. The van der Waals surface area contributed by atoms with Gasteiger partial charge in [0, 0.05) is 12.8 Å². The van der Waals surface area contributed by atoms with E-state index < -0.39 is 12.0 Å². The molecule has 1 atom stereocenters. The lowest BCUT2D eigenvalue weighted by Crippen LogP contribution is -2.38. The number of nitrogens with one attached hydrogen (secondary N) is 1. The fourth-order valence-corrected chi connectivity index (χ4v) is 2.40. The van der Waals surface area contributed by atoms with E-state index in [1.165, 1.54) is 18.7 Å². The van der Waals surface area contributed by atoms with Gasteiger partial charge in [-0.1, -0.05) is 0 Å². The van der Waals surface area contributed by atoms with Crippen LogP contribution in [0.2, 0.25) is 0 Å². The second-order valence-electron chi connectivity index (χ2n) is 5.26. The first-order chi connectivity index (χ1) is 9.46. The minimum atomic E-state index is -2.55. The number of nitrogens with two attached hydrogens (primary N) is 1. The molecule has 1 aliphatic carbocycles.